The lowest BCUT2D eigenvalue weighted by Gasteiger charge is -2.12. The number of sulfonamides is 1. The van der Waals surface area contributed by atoms with Crippen molar-refractivity contribution in [1.82, 2.24) is 14.3 Å². The molecule has 2 fully saturated rings. The van der Waals surface area contributed by atoms with E-state index >= 15 is 0 Å². The fraction of sp³-hybridized carbons (Fsp3) is 0.368. The molecule has 10 nitrogen and oxygen atoms in total. The van der Waals surface area contributed by atoms with Crippen molar-refractivity contribution in [1.29, 1.82) is 5.26 Å². The summed E-state index contributed by atoms with van der Waals surface area (Å²) in [6, 6.07) is 6.07. The Morgan fingerprint density at radius 3 is 2.53 bits per heavy atom. The number of primary amides is 1. The second-order valence-electron chi connectivity index (χ2n) is 7.40. The number of aromatic amines is 1. The monoisotopic (exact) mass is 431 g/mol. The lowest BCUT2D eigenvalue weighted by atomic mass is 10.2. The molecule has 0 aliphatic heterocycles. The van der Waals surface area contributed by atoms with E-state index in [0.717, 1.165) is 18.9 Å². The van der Waals surface area contributed by atoms with Crippen LogP contribution in [-0.4, -0.2) is 29.4 Å². The average Bonchev–Trinajstić information content (AvgIpc) is 3.62. The van der Waals surface area contributed by atoms with Crippen LogP contribution in [0.25, 0.3) is 10.9 Å². The van der Waals surface area contributed by atoms with Crippen LogP contribution in [0.2, 0.25) is 0 Å². The molecule has 11 heteroatoms. The van der Waals surface area contributed by atoms with Crippen LogP contribution in [0.5, 0.6) is 0 Å². The first-order valence-corrected chi connectivity index (χ1v) is 10.7. The standard InChI is InChI=1S/C16H16N4O4S.C3H5NO/c17-9-16(5-6-16)19-25(23,24)11-3-4-13-12(7-11)14(21)18-15(22)20(13)8-10-1-2-10;1-2-3(4)5/h3-4,7,10,19H,1-2,5-6,8H2,(H,18,21,22);2H,1H2,(H2,4,5). The average molecular weight is 431 g/mol. The molecule has 1 aromatic heterocycles. The van der Waals surface area contributed by atoms with Crippen molar-refractivity contribution >= 4 is 26.8 Å². The minimum atomic E-state index is -3.92. The largest absolute Gasteiger partial charge is 0.366 e. The third-order valence-corrected chi connectivity index (χ3v) is 6.45. The highest BCUT2D eigenvalue weighted by atomic mass is 32.2. The number of fused-ring (bicyclic) bond motifs is 1. The number of H-pyrrole nitrogens is 1. The molecular formula is C19H21N5O5S. The van der Waals surface area contributed by atoms with E-state index in [4.69, 9.17) is 5.26 Å². The molecule has 30 heavy (non-hydrogen) atoms. The summed E-state index contributed by atoms with van der Waals surface area (Å²) in [6.07, 6.45) is 4.08. The normalized spacial score (nSPS) is 16.8. The Kier molecular flexibility index (Phi) is 5.65. The van der Waals surface area contributed by atoms with Gasteiger partial charge in [0.25, 0.3) is 5.56 Å². The molecule has 2 aliphatic rings. The zero-order valence-electron chi connectivity index (χ0n) is 16.1. The van der Waals surface area contributed by atoms with Crippen LogP contribution in [0.1, 0.15) is 25.7 Å². The molecule has 0 radical (unpaired) electrons. The minimum absolute atomic E-state index is 0.0938. The van der Waals surface area contributed by atoms with Crippen molar-refractivity contribution in [3.8, 4) is 6.07 Å². The fourth-order valence-corrected chi connectivity index (χ4v) is 4.26. The van der Waals surface area contributed by atoms with Crippen LogP contribution in [0.3, 0.4) is 0 Å². The van der Waals surface area contributed by atoms with Gasteiger partial charge in [0.05, 0.1) is 21.9 Å². The molecule has 0 atom stereocenters. The van der Waals surface area contributed by atoms with Gasteiger partial charge < -0.3 is 5.73 Å². The van der Waals surface area contributed by atoms with Crippen molar-refractivity contribution < 1.29 is 13.2 Å². The van der Waals surface area contributed by atoms with E-state index in [1.807, 2.05) is 6.07 Å². The smallest absolute Gasteiger partial charge is 0.328 e. The Morgan fingerprint density at radius 2 is 2.03 bits per heavy atom. The van der Waals surface area contributed by atoms with Gasteiger partial charge in [0.1, 0.15) is 5.54 Å². The molecule has 2 aromatic rings. The van der Waals surface area contributed by atoms with E-state index in [1.165, 1.54) is 22.8 Å². The second-order valence-corrected chi connectivity index (χ2v) is 9.08. The van der Waals surface area contributed by atoms with Crippen molar-refractivity contribution in [2.75, 3.05) is 0 Å². The van der Waals surface area contributed by atoms with Crippen LogP contribution < -0.4 is 21.7 Å². The van der Waals surface area contributed by atoms with E-state index in [0.29, 0.717) is 30.8 Å². The van der Waals surface area contributed by atoms with Gasteiger partial charge in [-0.1, -0.05) is 6.58 Å². The maximum absolute atomic E-state index is 12.5. The minimum Gasteiger partial charge on any atom is -0.366 e. The maximum atomic E-state index is 12.5. The Bertz CT molecular complexity index is 1280. The van der Waals surface area contributed by atoms with Gasteiger partial charge in [0.2, 0.25) is 15.9 Å². The number of benzene rings is 1. The molecular weight excluding hydrogens is 410 g/mol. The van der Waals surface area contributed by atoms with E-state index in [9.17, 15) is 22.8 Å². The molecule has 0 unspecified atom stereocenters. The molecule has 1 heterocycles. The highest BCUT2D eigenvalue weighted by Gasteiger charge is 2.46. The molecule has 4 rings (SSSR count). The Labute approximate surface area is 172 Å². The van der Waals surface area contributed by atoms with Crippen molar-refractivity contribution in [2.45, 2.75) is 42.7 Å². The molecule has 1 amide bonds. The second kappa shape index (κ2) is 7.89. The van der Waals surface area contributed by atoms with E-state index in [2.05, 4.69) is 22.0 Å². The summed E-state index contributed by atoms with van der Waals surface area (Å²) in [6.45, 7) is 3.59. The SMILES string of the molecule is C=CC(N)=O.N#CC1(NS(=O)(=O)c2ccc3c(c2)c(=O)[nH]c(=O)n3CC2CC2)CC1. The lowest BCUT2D eigenvalue weighted by molar-refractivity contribution is -0.113. The Balaban J connectivity index is 0.000000461. The van der Waals surface area contributed by atoms with Gasteiger partial charge in [-0.25, -0.2) is 13.2 Å². The van der Waals surface area contributed by atoms with Crippen LogP contribution >= 0.6 is 0 Å². The number of hydrogen-bond donors (Lipinski definition) is 3. The van der Waals surface area contributed by atoms with Gasteiger partial charge in [-0.3, -0.25) is 19.1 Å². The summed E-state index contributed by atoms with van der Waals surface area (Å²) in [4.78, 5) is 35.9. The van der Waals surface area contributed by atoms with Gasteiger partial charge in [-0.05, 0) is 55.9 Å². The molecule has 0 bridgehead atoms. The number of nitriles is 1. The molecule has 2 aliphatic carbocycles. The quantitative estimate of drug-likeness (QED) is 0.548. The number of nitrogens with zero attached hydrogens (tertiary/aromatic N) is 2. The van der Waals surface area contributed by atoms with Gasteiger partial charge in [0.15, 0.2) is 0 Å². The number of nitrogens with one attached hydrogen (secondary N) is 2. The Hall–Kier alpha value is -3.23. The first kappa shape index (κ1) is 21.5. The highest BCUT2D eigenvalue weighted by molar-refractivity contribution is 7.89. The van der Waals surface area contributed by atoms with Crippen molar-refractivity contribution in [3.05, 3.63) is 51.7 Å². The van der Waals surface area contributed by atoms with Crippen LogP contribution in [0.4, 0.5) is 0 Å². The third kappa shape index (κ3) is 4.67. The number of hydrogen-bond acceptors (Lipinski definition) is 6. The number of carbonyl (C=O) groups excluding carboxylic acids is 1. The summed E-state index contributed by atoms with van der Waals surface area (Å²) < 4.78 is 28.9. The fourth-order valence-electron chi connectivity index (χ4n) is 2.86. The van der Waals surface area contributed by atoms with Gasteiger partial charge in [-0.2, -0.15) is 9.98 Å². The van der Waals surface area contributed by atoms with Crippen LogP contribution in [0.15, 0.2) is 45.3 Å². The summed E-state index contributed by atoms with van der Waals surface area (Å²) in [7, 11) is -3.92. The predicted octanol–water partition coefficient (Wildman–Crippen LogP) is 0.0920. The molecule has 4 N–H and O–H groups in total. The zero-order valence-corrected chi connectivity index (χ0v) is 16.9. The predicted molar refractivity (Wildman–Crippen MR) is 109 cm³/mol. The van der Waals surface area contributed by atoms with Gasteiger partial charge >= 0.3 is 5.69 Å². The summed E-state index contributed by atoms with van der Waals surface area (Å²) in [5, 5.41) is 9.21. The number of aromatic nitrogens is 2. The molecule has 0 saturated heterocycles. The van der Waals surface area contributed by atoms with E-state index in [1.54, 1.807) is 0 Å². The number of nitrogens with two attached hydrogens (primary N) is 1. The van der Waals surface area contributed by atoms with E-state index < -0.39 is 32.7 Å². The van der Waals surface area contributed by atoms with Crippen LogP contribution in [-0.2, 0) is 21.4 Å². The zero-order chi connectivity index (χ0) is 22.1. The summed E-state index contributed by atoms with van der Waals surface area (Å²) >= 11 is 0. The lowest BCUT2D eigenvalue weighted by Crippen LogP contribution is -2.36. The highest BCUT2D eigenvalue weighted by Crippen LogP contribution is 2.36. The molecule has 1 aromatic carbocycles. The number of carbonyl (C=O) groups is 1. The molecule has 0 spiro atoms. The number of amides is 1. The van der Waals surface area contributed by atoms with E-state index in [-0.39, 0.29) is 10.3 Å². The third-order valence-electron chi connectivity index (χ3n) is 4.91. The maximum Gasteiger partial charge on any atom is 0.328 e. The van der Waals surface area contributed by atoms with Gasteiger partial charge in [-0.15, -0.1) is 0 Å². The first-order valence-electron chi connectivity index (χ1n) is 9.25. The van der Waals surface area contributed by atoms with Gasteiger partial charge in [0, 0.05) is 6.54 Å². The topological polar surface area (TPSA) is 168 Å². The molecule has 158 valence electrons. The number of rotatable bonds is 6. The van der Waals surface area contributed by atoms with Crippen molar-refractivity contribution in [2.24, 2.45) is 11.7 Å². The summed E-state index contributed by atoms with van der Waals surface area (Å²) in [5.41, 5.74) is 2.81. The Morgan fingerprint density at radius 1 is 1.40 bits per heavy atom. The molecule has 2 saturated carbocycles. The van der Waals surface area contributed by atoms with Crippen LogP contribution in [0, 0.1) is 17.2 Å². The summed E-state index contributed by atoms with van der Waals surface area (Å²) in [5.74, 6) is -0.0627. The first-order chi connectivity index (χ1) is 14.1. The van der Waals surface area contributed by atoms with Crippen molar-refractivity contribution in [3.63, 3.8) is 0 Å².